The number of Topliss-reactive ketones (excluding diaryl/α,β-unsaturated/α-hetero) is 1. The molecule has 0 amide bonds. The number of benzene rings is 1. The van der Waals surface area contributed by atoms with Crippen LogP contribution in [-0.2, 0) is 0 Å². The van der Waals surface area contributed by atoms with Gasteiger partial charge in [-0.05, 0) is 69.5 Å². The zero-order valence-corrected chi connectivity index (χ0v) is 14.3. The van der Waals surface area contributed by atoms with Crippen molar-refractivity contribution in [2.24, 2.45) is 0 Å². The molecule has 0 unspecified atom stereocenters. The van der Waals surface area contributed by atoms with Crippen LogP contribution in [0.4, 0.5) is 0 Å². The van der Waals surface area contributed by atoms with Crippen molar-refractivity contribution in [2.75, 3.05) is 26.2 Å². The number of hydrogen-bond donors (Lipinski definition) is 0. The Hall–Kier alpha value is -1.35. The molecule has 0 bridgehead atoms. The van der Waals surface area contributed by atoms with E-state index in [1.165, 1.54) is 19.3 Å². The van der Waals surface area contributed by atoms with Gasteiger partial charge in [0.1, 0.15) is 5.75 Å². The van der Waals surface area contributed by atoms with Crippen molar-refractivity contribution in [3.63, 3.8) is 0 Å². The zero-order valence-electron chi connectivity index (χ0n) is 14.3. The highest BCUT2D eigenvalue weighted by molar-refractivity contribution is 5.98. The second kappa shape index (κ2) is 8.33. The number of aryl methyl sites for hydroxylation is 2. The highest BCUT2D eigenvalue weighted by Gasteiger charge is 2.15. The van der Waals surface area contributed by atoms with Crippen LogP contribution in [0.15, 0.2) is 12.1 Å². The van der Waals surface area contributed by atoms with Crippen molar-refractivity contribution < 1.29 is 9.53 Å². The molecule has 2 rings (SSSR count). The van der Waals surface area contributed by atoms with Gasteiger partial charge in [0.2, 0.25) is 0 Å². The summed E-state index contributed by atoms with van der Waals surface area (Å²) in [6.07, 6.45) is 5.50. The van der Waals surface area contributed by atoms with Crippen LogP contribution in [0.2, 0.25) is 0 Å². The molecule has 0 atom stereocenters. The largest absolute Gasteiger partial charge is 0.493 e. The molecule has 0 aromatic heterocycles. The van der Waals surface area contributed by atoms with E-state index < -0.39 is 0 Å². The lowest BCUT2D eigenvalue weighted by Gasteiger charge is -2.26. The van der Waals surface area contributed by atoms with E-state index in [-0.39, 0.29) is 5.78 Å². The molecule has 0 aliphatic carbocycles. The number of carbonyl (C=O) groups excluding carboxylic acids is 1. The van der Waals surface area contributed by atoms with Crippen LogP contribution in [-0.4, -0.2) is 36.9 Å². The molecule has 1 aliphatic rings. The van der Waals surface area contributed by atoms with Gasteiger partial charge in [-0.25, -0.2) is 0 Å². The van der Waals surface area contributed by atoms with Gasteiger partial charge in [0.25, 0.3) is 0 Å². The van der Waals surface area contributed by atoms with E-state index in [1.54, 1.807) is 0 Å². The summed E-state index contributed by atoms with van der Waals surface area (Å²) in [6, 6.07) is 4.01. The first-order valence-electron chi connectivity index (χ1n) is 8.61. The number of likely N-dealkylation sites (tertiary alicyclic amines) is 1. The minimum atomic E-state index is 0.258. The second-order valence-electron chi connectivity index (χ2n) is 6.36. The molecule has 1 aromatic rings. The number of ether oxygens (including phenoxy) is 1. The molecule has 0 radical (unpaired) electrons. The van der Waals surface area contributed by atoms with Crippen molar-refractivity contribution in [1.82, 2.24) is 4.90 Å². The molecule has 1 aliphatic heterocycles. The minimum Gasteiger partial charge on any atom is -0.493 e. The number of hydrogen-bond acceptors (Lipinski definition) is 3. The van der Waals surface area contributed by atoms with Crippen LogP contribution in [0, 0.1) is 13.8 Å². The maximum atomic E-state index is 12.5. The van der Waals surface area contributed by atoms with Crippen LogP contribution in [0.3, 0.4) is 0 Å². The summed E-state index contributed by atoms with van der Waals surface area (Å²) < 4.78 is 5.74. The van der Waals surface area contributed by atoms with Crippen LogP contribution in [0.1, 0.15) is 60.5 Å². The number of rotatable bonds is 7. The predicted molar refractivity (Wildman–Crippen MR) is 90.9 cm³/mol. The van der Waals surface area contributed by atoms with E-state index in [1.807, 2.05) is 26.0 Å². The number of nitrogens with zero attached hydrogens (tertiary/aromatic N) is 1. The molecule has 122 valence electrons. The van der Waals surface area contributed by atoms with E-state index >= 15 is 0 Å². The van der Waals surface area contributed by atoms with Gasteiger partial charge in [0.15, 0.2) is 5.78 Å². The molecule has 0 saturated carbocycles. The Morgan fingerprint density at radius 2 is 1.86 bits per heavy atom. The maximum absolute atomic E-state index is 12.5. The lowest BCUT2D eigenvalue weighted by molar-refractivity contribution is 0.0958. The quantitative estimate of drug-likeness (QED) is 0.709. The Bertz CT molecular complexity index is 504. The minimum absolute atomic E-state index is 0.258. The average Bonchev–Trinajstić information content (AvgIpc) is 2.54. The van der Waals surface area contributed by atoms with Crippen molar-refractivity contribution in [3.8, 4) is 5.75 Å². The van der Waals surface area contributed by atoms with E-state index in [4.69, 9.17) is 4.74 Å². The van der Waals surface area contributed by atoms with E-state index in [0.29, 0.717) is 6.42 Å². The number of ketones is 1. The fourth-order valence-electron chi connectivity index (χ4n) is 3.03. The molecule has 3 nitrogen and oxygen atoms in total. The molecule has 0 spiro atoms. The van der Waals surface area contributed by atoms with Gasteiger partial charge >= 0.3 is 0 Å². The van der Waals surface area contributed by atoms with Crippen molar-refractivity contribution in [1.29, 1.82) is 0 Å². The van der Waals surface area contributed by atoms with Crippen molar-refractivity contribution >= 4 is 5.78 Å². The highest BCUT2D eigenvalue weighted by atomic mass is 16.5. The maximum Gasteiger partial charge on any atom is 0.164 e. The Morgan fingerprint density at radius 3 is 2.55 bits per heavy atom. The summed E-state index contributed by atoms with van der Waals surface area (Å²) in [6.45, 7) is 10.0. The van der Waals surface area contributed by atoms with Crippen LogP contribution < -0.4 is 4.74 Å². The summed E-state index contributed by atoms with van der Waals surface area (Å²) in [5.74, 6) is 1.17. The fourth-order valence-corrected chi connectivity index (χ4v) is 3.03. The van der Waals surface area contributed by atoms with Crippen LogP contribution in [0.25, 0.3) is 0 Å². The van der Waals surface area contributed by atoms with Crippen LogP contribution in [0.5, 0.6) is 5.75 Å². The van der Waals surface area contributed by atoms with Gasteiger partial charge in [0, 0.05) is 18.5 Å². The first-order valence-corrected chi connectivity index (χ1v) is 8.61. The number of piperidine rings is 1. The van der Waals surface area contributed by atoms with Crippen LogP contribution >= 0.6 is 0 Å². The van der Waals surface area contributed by atoms with Gasteiger partial charge in [0.05, 0.1) is 6.61 Å². The Morgan fingerprint density at radius 1 is 1.14 bits per heavy atom. The summed E-state index contributed by atoms with van der Waals surface area (Å²) in [4.78, 5) is 14.9. The van der Waals surface area contributed by atoms with Gasteiger partial charge in [-0.2, -0.15) is 0 Å². The summed E-state index contributed by atoms with van der Waals surface area (Å²) in [5, 5.41) is 0. The molecule has 1 aromatic carbocycles. The first-order chi connectivity index (χ1) is 10.6. The highest BCUT2D eigenvalue weighted by Crippen LogP contribution is 2.24. The topological polar surface area (TPSA) is 29.5 Å². The third-order valence-corrected chi connectivity index (χ3v) is 4.39. The van der Waals surface area contributed by atoms with E-state index in [0.717, 1.165) is 55.1 Å². The van der Waals surface area contributed by atoms with Gasteiger partial charge < -0.3 is 9.64 Å². The fraction of sp³-hybridized carbons (Fsp3) is 0.632. The lowest BCUT2D eigenvalue weighted by Crippen LogP contribution is -2.31. The molecule has 1 fully saturated rings. The second-order valence-corrected chi connectivity index (χ2v) is 6.36. The molecule has 1 heterocycles. The average molecular weight is 303 g/mol. The molecule has 0 N–H and O–H groups in total. The summed E-state index contributed by atoms with van der Waals surface area (Å²) in [7, 11) is 0. The third-order valence-electron chi connectivity index (χ3n) is 4.39. The van der Waals surface area contributed by atoms with Gasteiger partial charge in [-0.3, -0.25) is 4.79 Å². The number of carbonyl (C=O) groups is 1. The SMILES string of the molecule is CCCOc1cc(C)c(C(=O)CCN2CCCCC2)cc1C. The molecule has 22 heavy (non-hydrogen) atoms. The monoisotopic (exact) mass is 303 g/mol. The standard InChI is InChI=1S/C19H29NO2/c1-4-12-22-19-14-15(2)17(13-16(19)3)18(21)8-11-20-9-6-5-7-10-20/h13-14H,4-12H2,1-3H3. The zero-order chi connectivity index (χ0) is 15.9. The molecular formula is C19H29NO2. The Kier molecular flexibility index (Phi) is 6.44. The first kappa shape index (κ1) is 17.0. The Balaban J connectivity index is 1.98. The van der Waals surface area contributed by atoms with Crippen molar-refractivity contribution in [3.05, 3.63) is 28.8 Å². The molecule has 1 saturated heterocycles. The summed E-state index contributed by atoms with van der Waals surface area (Å²) >= 11 is 0. The molecule has 3 heteroatoms. The van der Waals surface area contributed by atoms with E-state index in [9.17, 15) is 4.79 Å². The normalized spacial score (nSPS) is 15.8. The molecular weight excluding hydrogens is 274 g/mol. The third kappa shape index (κ3) is 4.57. The Labute approximate surface area is 134 Å². The van der Waals surface area contributed by atoms with E-state index in [2.05, 4.69) is 11.8 Å². The summed E-state index contributed by atoms with van der Waals surface area (Å²) in [5.41, 5.74) is 2.94. The smallest absolute Gasteiger partial charge is 0.164 e. The predicted octanol–water partition coefficient (Wildman–Crippen LogP) is 4.15. The lowest BCUT2D eigenvalue weighted by atomic mass is 9.99. The van der Waals surface area contributed by atoms with Crippen molar-refractivity contribution in [2.45, 2.75) is 52.9 Å². The van der Waals surface area contributed by atoms with Gasteiger partial charge in [-0.15, -0.1) is 0 Å². The van der Waals surface area contributed by atoms with Gasteiger partial charge in [-0.1, -0.05) is 13.3 Å².